The molecule has 5 heteroatoms. The van der Waals surface area contributed by atoms with E-state index in [1.54, 1.807) is 12.1 Å². The highest BCUT2D eigenvalue weighted by Crippen LogP contribution is 2.31. The van der Waals surface area contributed by atoms with Crippen LogP contribution in [0.2, 0.25) is 5.02 Å². The van der Waals surface area contributed by atoms with E-state index in [0.29, 0.717) is 33.6 Å². The summed E-state index contributed by atoms with van der Waals surface area (Å²) < 4.78 is 19.9. The molecule has 1 aliphatic carbocycles. The predicted molar refractivity (Wildman–Crippen MR) is 85.5 cm³/mol. The Morgan fingerprint density at radius 1 is 1.24 bits per heavy atom. The van der Waals surface area contributed by atoms with E-state index in [-0.39, 0.29) is 5.82 Å². The zero-order valence-electron chi connectivity index (χ0n) is 11.2. The fourth-order valence-electron chi connectivity index (χ4n) is 2.04. The lowest BCUT2D eigenvalue weighted by Crippen LogP contribution is -2.15. The molecule has 110 valence electrons. The van der Waals surface area contributed by atoms with Crippen molar-refractivity contribution in [3.05, 3.63) is 57.3 Å². The van der Waals surface area contributed by atoms with Gasteiger partial charge in [-0.25, -0.2) is 4.39 Å². The van der Waals surface area contributed by atoms with E-state index in [2.05, 4.69) is 21.2 Å². The van der Waals surface area contributed by atoms with Gasteiger partial charge >= 0.3 is 0 Å². The normalized spacial score (nSPS) is 14.2. The van der Waals surface area contributed by atoms with Crippen molar-refractivity contribution < 1.29 is 9.13 Å². The van der Waals surface area contributed by atoms with E-state index < -0.39 is 0 Å². The first-order valence-corrected chi connectivity index (χ1v) is 7.93. The van der Waals surface area contributed by atoms with E-state index >= 15 is 0 Å². The summed E-state index contributed by atoms with van der Waals surface area (Å²) in [7, 11) is 0. The molecule has 2 nitrogen and oxygen atoms in total. The average molecular weight is 371 g/mol. The molecule has 0 atom stereocenters. The van der Waals surface area contributed by atoms with Gasteiger partial charge in [-0.3, -0.25) is 0 Å². The van der Waals surface area contributed by atoms with Crippen LogP contribution in [0.4, 0.5) is 4.39 Å². The summed E-state index contributed by atoms with van der Waals surface area (Å²) in [5.74, 6) is 0.799. The zero-order chi connectivity index (χ0) is 14.8. The van der Waals surface area contributed by atoms with Crippen LogP contribution in [0.25, 0.3) is 0 Å². The number of benzene rings is 2. The predicted octanol–water partition coefficient (Wildman–Crippen LogP) is 5.29. The molecule has 1 aliphatic rings. The van der Waals surface area contributed by atoms with Gasteiger partial charge in [0.1, 0.15) is 17.3 Å². The molecule has 0 saturated heterocycles. The largest absolute Gasteiger partial charge is 0.457 e. The van der Waals surface area contributed by atoms with E-state index in [9.17, 15) is 4.39 Å². The summed E-state index contributed by atoms with van der Waals surface area (Å²) in [4.78, 5) is 0. The van der Waals surface area contributed by atoms with Gasteiger partial charge in [-0.1, -0.05) is 27.5 Å². The standard InChI is InChI=1S/C16H14BrClFNO/c17-11-6-13(19)8-15(7-11)21-16-4-1-12(18)5-10(16)9-20-14-2-3-14/h1,4-8,14,20H,2-3,9H2. The van der Waals surface area contributed by atoms with Crippen LogP contribution < -0.4 is 10.1 Å². The highest BCUT2D eigenvalue weighted by atomic mass is 79.9. The number of halogens is 3. The first-order chi connectivity index (χ1) is 10.1. The second-order valence-electron chi connectivity index (χ2n) is 5.11. The Hall–Kier alpha value is -1.10. The van der Waals surface area contributed by atoms with Gasteiger partial charge < -0.3 is 10.1 Å². The van der Waals surface area contributed by atoms with Crippen LogP contribution in [-0.2, 0) is 6.54 Å². The SMILES string of the molecule is Fc1cc(Br)cc(Oc2ccc(Cl)cc2CNC2CC2)c1. The third-order valence-corrected chi connectivity index (χ3v) is 3.94. The summed E-state index contributed by atoms with van der Waals surface area (Å²) in [5, 5.41) is 4.09. The van der Waals surface area contributed by atoms with Crippen LogP contribution in [0.3, 0.4) is 0 Å². The quantitative estimate of drug-likeness (QED) is 0.772. The van der Waals surface area contributed by atoms with Crippen molar-refractivity contribution in [1.29, 1.82) is 0 Å². The minimum atomic E-state index is -0.342. The van der Waals surface area contributed by atoms with Crippen LogP contribution in [-0.4, -0.2) is 6.04 Å². The molecule has 0 radical (unpaired) electrons. The van der Waals surface area contributed by atoms with E-state index in [0.717, 1.165) is 5.56 Å². The maximum Gasteiger partial charge on any atom is 0.132 e. The monoisotopic (exact) mass is 369 g/mol. The van der Waals surface area contributed by atoms with Crippen LogP contribution in [0.5, 0.6) is 11.5 Å². The van der Waals surface area contributed by atoms with Crippen LogP contribution in [0.15, 0.2) is 40.9 Å². The highest BCUT2D eigenvalue weighted by Gasteiger charge is 2.20. The number of hydrogen-bond donors (Lipinski definition) is 1. The van der Waals surface area contributed by atoms with Gasteiger partial charge in [0.2, 0.25) is 0 Å². The Morgan fingerprint density at radius 3 is 2.76 bits per heavy atom. The van der Waals surface area contributed by atoms with Gasteiger partial charge in [0.25, 0.3) is 0 Å². The molecule has 1 fully saturated rings. The van der Waals surface area contributed by atoms with Gasteiger partial charge in [-0.15, -0.1) is 0 Å². The lowest BCUT2D eigenvalue weighted by molar-refractivity contribution is 0.467. The fourth-order valence-corrected chi connectivity index (χ4v) is 2.68. The minimum absolute atomic E-state index is 0.342. The summed E-state index contributed by atoms with van der Waals surface area (Å²) in [6.07, 6.45) is 2.43. The maximum atomic E-state index is 13.4. The smallest absolute Gasteiger partial charge is 0.132 e. The van der Waals surface area contributed by atoms with Gasteiger partial charge in [0.05, 0.1) is 0 Å². The zero-order valence-corrected chi connectivity index (χ0v) is 13.5. The van der Waals surface area contributed by atoms with Gasteiger partial charge in [0.15, 0.2) is 0 Å². The summed E-state index contributed by atoms with van der Waals surface area (Å²) in [6.45, 7) is 0.692. The molecule has 1 saturated carbocycles. The molecule has 1 N–H and O–H groups in total. The highest BCUT2D eigenvalue weighted by molar-refractivity contribution is 9.10. The van der Waals surface area contributed by atoms with Crippen molar-refractivity contribution in [2.24, 2.45) is 0 Å². The van der Waals surface area contributed by atoms with Crippen molar-refractivity contribution in [2.45, 2.75) is 25.4 Å². The lowest BCUT2D eigenvalue weighted by Gasteiger charge is -2.13. The van der Waals surface area contributed by atoms with Crippen molar-refractivity contribution in [2.75, 3.05) is 0 Å². The molecule has 0 amide bonds. The molecule has 21 heavy (non-hydrogen) atoms. The molecule has 3 rings (SSSR count). The first-order valence-electron chi connectivity index (χ1n) is 6.76. The Morgan fingerprint density at radius 2 is 2.05 bits per heavy atom. The Balaban J connectivity index is 1.82. The first kappa shape index (κ1) is 14.8. The second-order valence-corrected chi connectivity index (χ2v) is 6.47. The lowest BCUT2D eigenvalue weighted by atomic mass is 10.2. The molecule has 0 unspecified atom stereocenters. The summed E-state index contributed by atoms with van der Waals surface area (Å²) in [5.41, 5.74) is 0.967. The van der Waals surface area contributed by atoms with Crippen molar-refractivity contribution in [3.8, 4) is 11.5 Å². The van der Waals surface area contributed by atoms with Crippen molar-refractivity contribution in [3.63, 3.8) is 0 Å². The fraction of sp³-hybridized carbons (Fsp3) is 0.250. The Bertz CT molecular complexity index is 640. The van der Waals surface area contributed by atoms with Crippen molar-refractivity contribution in [1.82, 2.24) is 5.32 Å². The van der Waals surface area contributed by atoms with E-state index in [1.165, 1.54) is 25.0 Å². The van der Waals surface area contributed by atoms with Crippen molar-refractivity contribution >= 4 is 27.5 Å². The van der Waals surface area contributed by atoms with Gasteiger partial charge in [-0.2, -0.15) is 0 Å². The molecular formula is C16H14BrClFNO. The molecule has 0 aliphatic heterocycles. The molecule has 2 aromatic carbocycles. The molecule has 0 aromatic heterocycles. The molecular weight excluding hydrogens is 357 g/mol. The molecule has 0 heterocycles. The number of hydrogen-bond acceptors (Lipinski definition) is 2. The van der Waals surface area contributed by atoms with Gasteiger partial charge in [-0.05, 0) is 43.2 Å². The number of ether oxygens (including phenoxy) is 1. The maximum absolute atomic E-state index is 13.4. The summed E-state index contributed by atoms with van der Waals surface area (Å²) in [6, 6.07) is 10.5. The van der Waals surface area contributed by atoms with Crippen LogP contribution in [0, 0.1) is 5.82 Å². The average Bonchev–Trinajstić information content (AvgIpc) is 3.22. The third-order valence-electron chi connectivity index (χ3n) is 3.24. The molecule has 2 aromatic rings. The number of rotatable bonds is 5. The Labute approximate surface area is 136 Å². The second kappa shape index (κ2) is 6.34. The minimum Gasteiger partial charge on any atom is -0.457 e. The third kappa shape index (κ3) is 4.19. The Kier molecular flexibility index (Phi) is 4.48. The molecule has 0 spiro atoms. The topological polar surface area (TPSA) is 21.3 Å². The van der Waals surface area contributed by atoms with Crippen LogP contribution in [0.1, 0.15) is 18.4 Å². The van der Waals surface area contributed by atoms with Crippen LogP contribution >= 0.6 is 27.5 Å². The summed E-state index contributed by atoms with van der Waals surface area (Å²) >= 11 is 9.31. The molecule has 0 bridgehead atoms. The van der Waals surface area contributed by atoms with E-state index in [1.807, 2.05) is 12.1 Å². The van der Waals surface area contributed by atoms with Gasteiger partial charge in [0, 0.05) is 33.7 Å². The van der Waals surface area contributed by atoms with E-state index in [4.69, 9.17) is 16.3 Å². The number of nitrogens with one attached hydrogen (secondary N) is 1.